The SMILES string of the molecule is OCc1ncc(F)s1. The van der Waals surface area contributed by atoms with Crippen molar-refractivity contribution in [2.75, 3.05) is 0 Å². The van der Waals surface area contributed by atoms with Crippen LogP contribution in [0.3, 0.4) is 0 Å². The van der Waals surface area contributed by atoms with Crippen molar-refractivity contribution in [2.24, 2.45) is 0 Å². The van der Waals surface area contributed by atoms with Crippen LogP contribution in [0.5, 0.6) is 0 Å². The third kappa shape index (κ3) is 1.02. The lowest BCUT2D eigenvalue weighted by atomic mass is 10.8. The van der Waals surface area contributed by atoms with Gasteiger partial charge in [-0.3, -0.25) is 0 Å². The molecule has 1 aromatic rings. The summed E-state index contributed by atoms with van der Waals surface area (Å²) in [5.74, 6) is 0. The summed E-state index contributed by atoms with van der Waals surface area (Å²) in [6.07, 6.45) is 1.09. The van der Waals surface area contributed by atoms with E-state index in [1.165, 1.54) is 0 Å². The summed E-state index contributed by atoms with van der Waals surface area (Å²) in [7, 11) is 0. The molecule has 0 saturated carbocycles. The Labute approximate surface area is 49.6 Å². The second-order valence-electron chi connectivity index (χ2n) is 1.22. The minimum atomic E-state index is -0.353. The number of thiazole rings is 1. The maximum Gasteiger partial charge on any atom is 0.196 e. The number of nitrogens with zero attached hydrogens (tertiary/aromatic N) is 1. The topological polar surface area (TPSA) is 33.1 Å². The number of halogens is 1. The van der Waals surface area contributed by atoms with Crippen molar-refractivity contribution in [3.05, 3.63) is 16.3 Å². The van der Waals surface area contributed by atoms with Gasteiger partial charge in [-0.1, -0.05) is 11.3 Å². The molecular weight excluding hydrogens is 129 g/mol. The number of aliphatic hydroxyl groups excluding tert-OH is 1. The Hall–Kier alpha value is -0.480. The first-order valence-electron chi connectivity index (χ1n) is 2.04. The summed E-state index contributed by atoms with van der Waals surface area (Å²) >= 11 is 0.860. The molecule has 0 saturated heterocycles. The van der Waals surface area contributed by atoms with Gasteiger partial charge in [0, 0.05) is 0 Å². The molecule has 0 spiro atoms. The Morgan fingerprint density at radius 2 is 2.62 bits per heavy atom. The predicted octanol–water partition coefficient (Wildman–Crippen LogP) is 0.775. The number of hydrogen-bond acceptors (Lipinski definition) is 3. The summed E-state index contributed by atoms with van der Waals surface area (Å²) in [5.41, 5.74) is 0. The molecule has 0 aliphatic rings. The molecule has 2 nitrogen and oxygen atoms in total. The molecule has 0 unspecified atom stereocenters. The van der Waals surface area contributed by atoms with Crippen molar-refractivity contribution in [2.45, 2.75) is 6.61 Å². The molecule has 1 N–H and O–H groups in total. The van der Waals surface area contributed by atoms with E-state index in [-0.39, 0.29) is 11.7 Å². The molecule has 8 heavy (non-hydrogen) atoms. The molecule has 1 heterocycles. The largest absolute Gasteiger partial charge is 0.389 e. The highest BCUT2D eigenvalue weighted by molar-refractivity contribution is 7.09. The maximum atomic E-state index is 12.0. The van der Waals surface area contributed by atoms with E-state index in [0.717, 1.165) is 17.5 Å². The first-order valence-corrected chi connectivity index (χ1v) is 2.85. The summed E-state index contributed by atoms with van der Waals surface area (Å²) in [4.78, 5) is 3.53. The van der Waals surface area contributed by atoms with Gasteiger partial charge in [0.1, 0.15) is 5.01 Å². The minimum Gasteiger partial charge on any atom is -0.389 e. The average molecular weight is 133 g/mol. The Morgan fingerprint density at radius 3 is 2.88 bits per heavy atom. The van der Waals surface area contributed by atoms with Crippen molar-refractivity contribution in [3.8, 4) is 0 Å². The van der Waals surface area contributed by atoms with Crippen molar-refractivity contribution in [1.29, 1.82) is 0 Å². The quantitative estimate of drug-likeness (QED) is 0.614. The van der Waals surface area contributed by atoms with Crippen LogP contribution in [0.1, 0.15) is 5.01 Å². The van der Waals surface area contributed by atoms with Crippen molar-refractivity contribution < 1.29 is 9.50 Å². The molecule has 0 aliphatic heterocycles. The normalized spacial score (nSPS) is 9.75. The number of aromatic nitrogens is 1. The second kappa shape index (κ2) is 2.19. The zero-order valence-corrected chi connectivity index (χ0v) is 4.78. The number of aliphatic hydroxyl groups is 1. The van der Waals surface area contributed by atoms with Crippen LogP contribution in [-0.2, 0) is 6.61 Å². The van der Waals surface area contributed by atoms with E-state index in [0.29, 0.717) is 5.01 Å². The average Bonchev–Trinajstić information content (AvgIpc) is 2.14. The van der Waals surface area contributed by atoms with Crippen LogP contribution in [0.4, 0.5) is 4.39 Å². The third-order valence-electron chi connectivity index (χ3n) is 0.661. The first kappa shape index (κ1) is 5.65. The van der Waals surface area contributed by atoms with E-state index in [2.05, 4.69) is 4.98 Å². The van der Waals surface area contributed by atoms with Crippen LogP contribution in [0.15, 0.2) is 6.20 Å². The van der Waals surface area contributed by atoms with Gasteiger partial charge in [0.05, 0.1) is 12.8 Å². The Balaban J connectivity index is 2.84. The Bertz CT molecular complexity index is 176. The molecule has 1 aromatic heterocycles. The highest BCUT2D eigenvalue weighted by Crippen LogP contribution is 2.08. The van der Waals surface area contributed by atoms with Gasteiger partial charge in [-0.05, 0) is 0 Å². The summed E-state index contributed by atoms with van der Waals surface area (Å²) < 4.78 is 12.0. The Kier molecular flexibility index (Phi) is 1.55. The van der Waals surface area contributed by atoms with Gasteiger partial charge in [-0.15, -0.1) is 0 Å². The molecule has 0 aromatic carbocycles. The van der Waals surface area contributed by atoms with E-state index in [1.807, 2.05) is 0 Å². The van der Waals surface area contributed by atoms with Gasteiger partial charge in [0.2, 0.25) is 0 Å². The Morgan fingerprint density at radius 1 is 1.88 bits per heavy atom. The smallest absolute Gasteiger partial charge is 0.196 e. The maximum absolute atomic E-state index is 12.0. The van der Waals surface area contributed by atoms with E-state index < -0.39 is 0 Å². The first-order chi connectivity index (χ1) is 3.83. The monoisotopic (exact) mass is 133 g/mol. The van der Waals surface area contributed by atoms with Gasteiger partial charge >= 0.3 is 0 Å². The van der Waals surface area contributed by atoms with Gasteiger partial charge < -0.3 is 5.11 Å². The highest BCUT2D eigenvalue weighted by atomic mass is 32.1. The van der Waals surface area contributed by atoms with E-state index in [4.69, 9.17) is 5.11 Å². The molecule has 44 valence electrons. The van der Waals surface area contributed by atoms with Gasteiger partial charge in [0.25, 0.3) is 0 Å². The highest BCUT2D eigenvalue weighted by Gasteiger charge is 1.95. The van der Waals surface area contributed by atoms with Gasteiger partial charge in [-0.2, -0.15) is 4.39 Å². The van der Waals surface area contributed by atoms with Crippen LogP contribution in [0.25, 0.3) is 0 Å². The van der Waals surface area contributed by atoms with Crippen molar-refractivity contribution in [1.82, 2.24) is 4.98 Å². The molecule has 4 heteroatoms. The fraction of sp³-hybridized carbons (Fsp3) is 0.250. The van der Waals surface area contributed by atoms with Crippen LogP contribution >= 0.6 is 11.3 Å². The van der Waals surface area contributed by atoms with Crippen LogP contribution < -0.4 is 0 Å². The van der Waals surface area contributed by atoms with Crippen LogP contribution in [0.2, 0.25) is 0 Å². The summed E-state index contributed by atoms with van der Waals surface area (Å²) in [6, 6.07) is 0. The van der Waals surface area contributed by atoms with Crippen molar-refractivity contribution in [3.63, 3.8) is 0 Å². The van der Waals surface area contributed by atoms with E-state index >= 15 is 0 Å². The summed E-state index contributed by atoms with van der Waals surface area (Å²) in [5, 5.41) is 8.40. The fourth-order valence-corrected chi connectivity index (χ4v) is 0.862. The lowest BCUT2D eigenvalue weighted by molar-refractivity contribution is 0.281. The molecular formula is C4H4FNOS. The van der Waals surface area contributed by atoms with E-state index in [1.54, 1.807) is 0 Å². The molecule has 0 bridgehead atoms. The van der Waals surface area contributed by atoms with Crippen molar-refractivity contribution >= 4 is 11.3 Å². The fourth-order valence-electron chi connectivity index (χ4n) is 0.361. The molecule has 0 amide bonds. The zero-order valence-electron chi connectivity index (χ0n) is 3.97. The van der Waals surface area contributed by atoms with Gasteiger partial charge in [-0.25, -0.2) is 4.98 Å². The summed E-state index contributed by atoms with van der Waals surface area (Å²) in [6.45, 7) is -0.172. The number of rotatable bonds is 1. The second-order valence-corrected chi connectivity index (χ2v) is 2.28. The van der Waals surface area contributed by atoms with Crippen LogP contribution in [0, 0.1) is 5.13 Å². The lowest BCUT2D eigenvalue weighted by Crippen LogP contribution is -1.75. The van der Waals surface area contributed by atoms with Gasteiger partial charge in [0.15, 0.2) is 5.13 Å². The predicted molar refractivity (Wildman–Crippen MR) is 28.0 cm³/mol. The molecule has 0 radical (unpaired) electrons. The third-order valence-corrected chi connectivity index (χ3v) is 1.43. The molecule has 1 rings (SSSR count). The lowest BCUT2D eigenvalue weighted by Gasteiger charge is -1.77. The molecule has 0 atom stereocenters. The van der Waals surface area contributed by atoms with E-state index in [9.17, 15) is 4.39 Å². The standard InChI is InChI=1S/C4H4FNOS/c5-3-1-6-4(2-7)8-3/h1,7H,2H2. The molecule has 0 aliphatic carbocycles. The zero-order chi connectivity index (χ0) is 5.98. The molecule has 0 fully saturated rings. The number of hydrogen-bond donors (Lipinski definition) is 1. The van der Waals surface area contributed by atoms with Crippen LogP contribution in [-0.4, -0.2) is 10.1 Å². The minimum absolute atomic E-state index is 0.172.